The van der Waals surface area contributed by atoms with Crippen LogP contribution in [0.25, 0.3) is 5.82 Å². The fourth-order valence-electron chi connectivity index (χ4n) is 9.57. The van der Waals surface area contributed by atoms with Crippen LogP contribution in [0.2, 0.25) is 5.02 Å². The van der Waals surface area contributed by atoms with Gasteiger partial charge in [0.05, 0.1) is 45.6 Å². The van der Waals surface area contributed by atoms with Crippen molar-refractivity contribution < 1.29 is 33.4 Å². The molecule has 1 unspecified atom stereocenters. The van der Waals surface area contributed by atoms with Crippen molar-refractivity contribution in [1.29, 1.82) is 5.26 Å². The molecule has 2 fully saturated rings. The van der Waals surface area contributed by atoms with Crippen LogP contribution in [0.3, 0.4) is 0 Å². The summed E-state index contributed by atoms with van der Waals surface area (Å²) in [6, 6.07) is 13.2. The van der Waals surface area contributed by atoms with Gasteiger partial charge in [0.1, 0.15) is 29.7 Å². The molecule has 15 nitrogen and oxygen atoms in total. The third kappa shape index (κ3) is 6.89. The number of pyridine rings is 1. The second-order valence-corrected chi connectivity index (χ2v) is 17.1. The van der Waals surface area contributed by atoms with Crippen LogP contribution < -0.4 is 15.2 Å². The monoisotopic (exact) mass is 818 g/mol. The number of aromatic nitrogens is 3. The summed E-state index contributed by atoms with van der Waals surface area (Å²) in [4.78, 5) is 75.6. The van der Waals surface area contributed by atoms with Crippen molar-refractivity contribution in [3.8, 4) is 23.4 Å². The Morgan fingerprint density at radius 3 is 2.37 bits per heavy atom. The Balaban J connectivity index is 0.854. The molecule has 4 aromatic rings. The molecule has 1 saturated heterocycles. The Morgan fingerprint density at radius 1 is 0.949 bits per heavy atom. The number of hydrogen-bond acceptors (Lipinski definition) is 11. The Morgan fingerprint density at radius 2 is 1.69 bits per heavy atom. The molecule has 0 radical (unpaired) electrons. The second kappa shape index (κ2) is 14.9. The smallest absolute Gasteiger partial charge is 0.262 e. The zero-order chi connectivity index (χ0) is 42.0. The number of imide groups is 2. The summed E-state index contributed by atoms with van der Waals surface area (Å²) in [6.07, 6.45) is 4.58. The van der Waals surface area contributed by atoms with Crippen LogP contribution in [0.5, 0.6) is 11.5 Å². The summed E-state index contributed by atoms with van der Waals surface area (Å²) in [5.41, 5.74) is 6.98. The van der Waals surface area contributed by atoms with Gasteiger partial charge in [-0.25, -0.2) is 9.67 Å². The van der Waals surface area contributed by atoms with Gasteiger partial charge in [-0.3, -0.25) is 38.7 Å². The van der Waals surface area contributed by atoms with E-state index >= 15 is 0 Å². The van der Waals surface area contributed by atoms with Gasteiger partial charge >= 0.3 is 0 Å². The van der Waals surface area contributed by atoms with Crippen molar-refractivity contribution >= 4 is 41.1 Å². The first-order valence-corrected chi connectivity index (χ1v) is 19.9. The summed E-state index contributed by atoms with van der Waals surface area (Å²) in [5, 5.41) is 14.2. The van der Waals surface area contributed by atoms with Crippen LogP contribution in [0.1, 0.15) is 101 Å². The van der Waals surface area contributed by atoms with Crippen molar-refractivity contribution in [1.82, 2.24) is 29.5 Å². The number of unbranched alkanes of at least 4 members (excludes halogenated alkanes) is 1. The molecule has 2 aromatic carbocycles. The van der Waals surface area contributed by atoms with Gasteiger partial charge in [-0.1, -0.05) is 39.3 Å². The summed E-state index contributed by atoms with van der Waals surface area (Å²) in [6.45, 7) is 10.4. The van der Waals surface area contributed by atoms with Gasteiger partial charge in [-0.15, -0.1) is 0 Å². The van der Waals surface area contributed by atoms with Crippen molar-refractivity contribution in [3.05, 3.63) is 99.5 Å². The Kier molecular flexibility index (Phi) is 10.0. The second-order valence-electron chi connectivity index (χ2n) is 16.7. The largest absolute Gasteiger partial charge is 0.494 e. The molecular weight excluding hydrogens is 776 g/mol. The molecule has 3 aliphatic heterocycles. The summed E-state index contributed by atoms with van der Waals surface area (Å²) < 4.78 is 14.1. The van der Waals surface area contributed by atoms with Gasteiger partial charge in [-0.05, 0) is 68.3 Å². The molecule has 5 heterocycles. The summed E-state index contributed by atoms with van der Waals surface area (Å²) in [5.74, 6) is -1.15. The minimum absolute atomic E-state index is 0.00921. The van der Waals surface area contributed by atoms with E-state index < -0.39 is 52.6 Å². The quantitative estimate of drug-likeness (QED) is 0.148. The molecule has 0 bridgehead atoms. The molecule has 5 amide bonds. The van der Waals surface area contributed by atoms with E-state index in [4.69, 9.17) is 26.8 Å². The SMILES string of the molecule is CC1(C)C(Oc2ccc(C#N)c(Cl)c2)C(C)(C)C1N1C(=O)CCC(N2C(=O)c3ccc(OCCCCN4Cc5cn(-c6ccc(C(N)=O)cn6)nc5C4)cc3C2=O)C1=O. The third-order valence-electron chi connectivity index (χ3n) is 12.0. The van der Waals surface area contributed by atoms with Crippen molar-refractivity contribution in [3.63, 3.8) is 0 Å². The number of nitriles is 1. The van der Waals surface area contributed by atoms with Crippen LogP contribution in [-0.2, 0) is 22.7 Å². The standard InChI is InChI=1S/C43H43ClN8O7/c1-42(2)40(43(3,4)41(42)59-28-9-7-24(19-45)31(44)18-28)52-35(53)14-12-33(39(52)57)51-37(55)29-11-10-27(17-30(29)38(51)56)58-16-6-5-15-49-21-26-22-50(48-32(26)23-49)34-13-8-25(20-47-34)36(46)54/h7-11,13,17-18,20,22,33,40-41H,5-6,12,14-16,21,23H2,1-4H3,(H2,46,54). The molecule has 304 valence electrons. The van der Waals surface area contributed by atoms with Crippen LogP contribution in [-0.4, -0.2) is 90.3 Å². The zero-order valence-electron chi connectivity index (χ0n) is 33.1. The number of hydrogen-bond donors (Lipinski definition) is 1. The first-order chi connectivity index (χ1) is 28.1. The van der Waals surface area contributed by atoms with Crippen molar-refractivity contribution in [2.24, 2.45) is 16.6 Å². The highest BCUT2D eigenvalue weighted by Crippen LogP contribution is 2.58. The van der Waals surface area contributed by atoms with E-state index in [1.165, 1.54) is 11.1 Å². The molecule has 0 spiro atoms. The summed E-state index contributed by atoms with van der Waals surface area (Å²) >= 11 is 6.26. The van der Waals surface area contributed by atoms with Gasteiger partial charge in [0, 0.05) is 54.4 Å². The molecule has 16 heteroatoms. The van der Waals surface area contributed by atoms with Gasteiger partial charge in [-0.2, -0.15) is 10.4 Å². The lowest BCUT2D eigenvalue weighted by Gasteiger charge is -2.65. The first-order valence-electron chi connectivity index (χ1n) is 19.5. The number of halogens is 1. The number of nitrogens with zero attached hydrogens (tertiary/aromatic N) is 7. The molecule has 1 atom stereocenters. The highest BCUT2D eigenvalue weighted by molar-refractivity contribution is 6.31. The van der Waals surface area contributed by atoms with Crippen LogP contribution in [0, 0.1) is 22.2 Å². The minimum Gasteiger partial charge on any atom is -0.494 e. The number of fused-ring (bicyclic) bond motifs is 2. The van der Waals surface area contributed by atoms with E-state index in [0.717, 1.165) is 42.1 Å². The summed E-state index contributed by atoms with van der Waals surface area (Å²) in [7, 11) is 0. The molecule has 59 heavy (non-hydrogen) atoms. The number of amides is 5. The van der Waals surface area contributed by atoms with Crippen LogP contribution >= 0.6 is 11.6 Å². The number of nitrogens with two attached hydrogens (primary N) is 1. The van der Waals surface area contributed by atoms with Crippen molar-refractivity contribution in [2.75, 3.05) is 13.2 Å². The molecule has 2 aromatic heterocycles. The molecule has 1 saturated carbocycles. The number of carbonyl (C=O) groups is 5. The minimum atomic E-state index is -1.14. The molecule has 2 N–H and O–H groups in total. The topological polar surface area (TPSA) is 194 Å². The predicted molar refractivity (Wildman–Crippen MR) is 212 cm³/mol. The maximum absolute atomic E-state index is 14.3. The Labute approximate surface area is 345 Å². The molecule has 4 aliphatic rings. The van der Waals surface area contributed by atoms with E-state index in [1.54, 1.807) is 53.2 Å². The normalized spacial score (nSPS) is 21.9. The lowest BCUT2D eigenvalue weighted by Crippen LogP contribution is -2.77. The average Bonchev–Trinajstić information content (AvgIpc) is 3.85. The van der Waals surface area contributed by atoms with Gasteiger partial charge in [0.15, 0.2) is 5.82 Å². The Bertz CT molecular complexity index is 2420. The zero-order valence-corrected chi connectivity index (χ0v) is 33.9. The maximum Gasteiger partial charge on any atom is 0.262 e. The van der Waals surface area contributed by atoms with E-state index in [9.17, 15) is 29.2 Å². The first kappa shape index (κ1) is 39.7. The lowest BCUT2D eigenvalue weighted by atomic mass is 9.48. The maximum atomic E-state index is 14.3. The lowest BCUT2D eigenvalue weighted by molar-refractivity contribution is -0.216. The fourth-order valence-corrected chi connectivity index (χ4v) is 9.79. The van der Waals surface area contributed by atoms with E-state index in [-0.39, 0.29) is 34.9 Å². The van der Waals surface area contributed by atoms with Crippen molar-refractivity contribution in [2.45, 2.75) is 84.7 Å². The number of likely N-dealkylation sites (tertiary alicyclic amines) is 1. The average molecular weight is 819 g/mol. The molecular formula is C43H43ClN8O7. The molecule has 1 aliphatic carbocycles. The van der Waals surface area contributed by atoms with E-state index in [2.05, 4.69) is 15.0 Å². The predicted octanol–water partition coefficient (Wildman–Crippen LogP) is 5.06. The number of carbonyl (C=O) groups excluding carboxylic acids is 5. The number of benzene rings is 2. The van der Waals surface area contributed by atoms with Gasteiger partial charge in [0.25, 0.3) is 17.7 Å². The number of ether oxygens (including phenoxy) is 2. The van der Waals surface area contributed by atoms with Gasteiger partial charge in [0.2, 0.25) is 11.8 Å². The van der Waals surface area contributed by atoms with Crippen LogP contribution in [0.4, 0.5) is 0 Å². The molecule has 8 rings (SSSR count). The number of rotatable bonds is 12. The van der Waals surface area contributed by atoms with Crippen LogP contribution in [0.15, 0.2) is 60.9 Å². The Hall–Kier alpha value is -6.11. The van der Waals surface area contributed by atoms with E-state index in [0.29, 0.717) is 41.6 Å². The fraction of sp³-hybridized carbons (Fsp3) is 0.395. The highest BCUT2D eigenvalue weighted by Gasteiger charge is 2.68. The van der Waals surface area contributed by atoms with E-state index in [1.807, 2.05) is 40.0 Å². The third-order valence-corrected chi connectivity index (χ3v) is 12.3. The highest BCUT2D eigenvalue weighted by atomic mass is 35.5. The number of primary amides is 1. The number of piperidine rings is 1. The van der Waals surface area contributed by atoms with Gasteiger partial charge < -0.3 is 15.2 Å².